The molecule has 0 aromatic carbocycles. The molecule has 0 saturated heterocycles. The number of aromatic amines is 1. The van der Waals surface area contributed by atoms with E-state index >= 15 is 0 Å². The molecule has 0 aliphatic rings. The van der Waals surface area contributed by atoms with E-state index in [0.29, 0.717) is 18.0 Å². The maximum Gasteiger partial charge on any atom is 0.182 e. The minimum atomic E-state index is -0.358. The van der Waals surface area contributed by atoms with Crippen LogP contribution < -0.4 is 5.32 Å². The number of aromatic nitrogens is 5. The number of pyridine rings is 1. The number of anilines is 1. The van der Waals surface area contributed by atoms with Crippen LogP contribution in [0.5, 0.6) is 0 Å². The van der Waals surface area contributed by atoms with Crippen molar-refractivity contribution < 1.29 is 4.39 Å². The number of nitrogens with zero attached hydrogens (tertiary/aromatic N) is 4. The summed E-state index contributed by atoms with van der Waals surface area (Å²) in [4.78, 5) is 18.9. The van der Waals surface area contributed by atoms with Crippen LogP contribution in [0.4, 0.5) is 10.2 Å². The second-order valence-electron chi connectivity index (χ2n) is 3.69. The summed E-state index contributed by atoms with van der Waals surface area (Å²) in [6, 6.07) is 1.42. The minimum absolute atomic E-state index is 0.358. The summed E-state index contributed by atoms with van der Waals surface area (Å²) < 4.78 is 13.0. The second-order valence-corrected chi connectivity index (χ2v) is 3.69. The summed E-state index contributed by atoms with van der Waals surface area (Å²) in [5, 5.41) is 3.09. The predicted octanol–water partition coefficient (Wildman–Crippen LogP) is 1.50. The average Bonchev–Trinajstić information content (AvgIpc) is 2.85. The molecule has 0 amide bonds. The molecule has 7 heteroatoms. The first-order valence-corrected chi connectivity index (χ1v) is 5.30. The SMILES string of the molecule is Fc1cncc(CNc2ncnc3nc[nH]c23)c1. The number of rotatable bonds is 3. The number of halogens is 1. The van der Waals surface area contributed by atoms with Crippen LogP contribution in [0.1, 0.15) is 5.56 Å². The fourth-order valence-electron chi connectivity index (χ4n) is 1.64. The molecule has 0 aliphatic carbocycles. The molecule has 0 aliphatic heterocycles. The Morgan fingerprint density at radius 3 is 3.06 bits per heavy atom. The highest BCUT2D eigenvalue weighted by Crippen LogP contribution is 2.15. The third-order valence-corrected chi connectivity index (χ3v) is 2.44. The number of hydrogen-bond acceptors (Lipinski definition) is 5. The summed E-state index contributed by atoms with van der Waals surface area (Å²) in [7, 11) is 0. The summed E-state index contributed by atoms with van der Waals surface area (Å²) >= 11 is 0. The van der Waals surface area contributed by atoms with Gasteiger partial charge in [-0.2, -0.15) is 0 Å². The molecule has 3 aromatic rings. The Kier molecular flexibility index (Phi) is 2.56. The molecule has 0 atom stereocenters. The van der Waals surface area contributed by atoms with E-state index in [0.717, 1.165) is 11.1 Å². The highest BCUT2D eigenvalue weighted by Gasteiger charge is 2.05. The third-order valence-electron chi connectivity index (χ3n) is 2.44. The molecule has 18 heavy (non-hydrogen) atoms. The molecule has 0 bridgehead atoms. The molecule has 2 N–H and O–H groups in total. The molecule has 3 rings (SSSR count). The Balaban J connectivity index is 1.83. The molecule has 0 fully saturated rings. The third kappa shape index (κ3) is 1.97. The van der Waals surface area contributed by atoms with Crippen LogP contribution in [0.3, 0.4) is 0 Å². The first kappa shape index (κ1) is 10.6. The molecule has 0 spiro atoms. The Morgan fingerprint density at radius 1 is 1.22 bits per heavy atom. The lowest BCUT2D eigenvalue weighted by atomic mass is 10.3. The number of H-pyrrole nitrogens is 1. The van der Waals surface area contributed by atoms with Gasteiger partial charge in [0.05, 0.1) is 12.5 Å². The number of fused-ring (bicyclic) bond motifs is 1. The molecule has 6 nitrogen and oxygen atoms in total. The van der Waals surface area contributed by atoms with Crippen molar-refractivity contribution in [3.8, 4) is 0 Å². The monoisotopic (exact) mass is 244 g/mol. The van der Waals surface area contributed by atoms with E-state index in [1.165, 1.54) is 18.6 Å². The van der Waals surface area contributed by atoms with Gasteiger partial charge in [-0.15, -0.1) is 0 Å². The van der Waals surface area contributed by atoms with E-state index in [1.807, 2.05) is 0 Å². The van der Waals surface area contributed by atoms with Gasteiger partial charge in [0, 0.05) is 12.7 Å². The van der Waals surface area contributed by atoms with Crippen molar-refractivity contribution in [1.29, 1.82) is 0 Å². The molecule has 90 valence electrons. The van der Waals surface area contributed by atoms with E-state index < -0.39 is 0 Å². The minimum Gasteiger partial charge on any atom is -0.364 e. The fourth-order valence-corrected chi connectivity index (χ4v) is 1.64. The van der Waals surface area contributed by atoms with Crippen molar-refractivity contribution in [2.75, 3.05) is 5.32 Å². The van der Waals surface area contributed by atoms with Gasteiger partial charge in [0.25, 0.3) is 0 Å². The summed E-state index contributed by atoms with van der Waals surface area (Å²) in [5.41, 5.74) is 2.05. The van der Waals surface area contributed by atoms with Crippen molar-refractivity contribution >= 4 is 17.0 Å². The van der Waals surface area contributed by atoms with Crippen LogP contribution in [0.15, 0.2) is 31.1 Å². The molecule has 3 heterocycles. The quantitative estimate of drug-likeness (QED) is 0.729. The Morgan fingerprint density at radius 2 is 2.17 bits per heavy atom. The zero-order valence-electron chi connectivity index (χ0n) is 9.26. The number of hydrogen-bond donors (Lipinski definition) is 2. The first-order valence-electron chi connectivity index (χ1n) is 5.30. The van der Waals surface area contributed by atoms with Crippen LogP contribution in [0.25, 0.3) is 11.2 Å². The van der Waals surface area contributed by atoms with Gasteiger partial charge in [0.2, 0.25) is 0 Å². The van der Waals surface area contributed by atoms with Crippen LogP contribution >= 0.6 is 0 Å². The van der Waals surface area contributed by atoms with E-state index in [-0.39, 0.29) is 5.82 Å². The van der Waals surface area contributed by atoms with Gasteiger partial charge in [0.15, 0.2) is 11.5 Å². The smallest absolute Gasteiger partial charge is 0.182 e. The summed E-state index contributed by atoms with van der Waals surface area (Å²) in [5.74, 6) is 0.269. The van der Waals surface area contributed by atoms with Crippen molar-refractivity contribution in [2.45, 2.75) is 6.54 Å². The van der Waals surface area contributed by atoms with E-state index in [9.17, 15) is 4.39 Å². The van der Waals surface area contributed by atoms with Gasteiger partial charge in [-0.3, -0.25) is 4.98 Å². The Labute approximate surface area is 101 Å². The first-order chi connectivity index (χ1) is 8.83. The van der Waals surface area contributed by atoms with Crippen LogP contribution in [0.2, 0.25) is 0 Å². The lowest BCUT2D eigenvalue weighted by molar-refractivity contribution is 0.619. The van der Waals surface area contributed by atoms with Crippen LogP contribution in [-0.4, -0.2) is 24.9 Å². The van der Waals surface area contributed by atoms with Crippen molar-refractivity contribution in [3.05, 3.63) is 42.5 Å². The number of nitrogens with one attached hydrogen (secondary N) is 2. The van der Waals surface area contributed by atoms with Crippen LogP contribution in [-0.2, 0) is 6.54 Å². The van der Waals surface area contributed by atoms with Gasteiger partial charge in [-0.05, 0) is 11.6 Å². The van der Waals surface area contributed by atoms with Gasteiger partial charge in [-0.25, -0.2) is 19.3 Å². The van der Waals surface area contributed by atoms with E-state index in [1.54, 1.807) is 12.5 Å². The zero-order valence-corrected chi connectivity index (χ0v) is 9.26. The molecule has 0 radical (unpaired) electrons. The second kappa shape index (κ2) is 4.36. The summed E-state index contributed by atoms with van der Waals surface area (Å²) in [6.07, 6.45) is 5.74. The topological polar surface area (TPSA) is 79.4 Å². The average molecular weight is 244 g/mol. The molecule has 3 aromatic heterocycles. The highest BCUT2D eigenvalue weighted by molar-refractivity contribution is 5.81. The van der Waals surface area contributed by atoms with Crippen molar-refractivity contribution in [3.63, 3.8) is 0 Å². The maximum atomic E-state index is 13.0. The van der Waals surface area contributed by atoms with Crippen molar-refractivity contribution in [1.82, 2.24) is 24.9 Å². The lowest BCUT2D eigenvalue weighted by Gasteiger charge is -2.05. The zero-order chi connectivity index (χ0) is 12.4. The molecule has 0 unspecified atom stereocenters. The fraction of sp³-hybridized carbons (Fsp3) is 0.0909. The largest absolute Gasteiger partial charge is 0.364 e. The number of imidazole rings is 1. The molecule has 0 saturated carbocycles. The highest BCUT2D eigenvalue weighted by atomic mass is 19.1. The molecular weight excluding hydrogens is 235 g/mol. The van der Waals surface area contributed by atoms with Crippen molar-refractivity contribution in [2.24, 2.45) is 0 Å². The maximum absolute atomic E-state index is 13.0. The Bertz CT molecular complexity index is 680. The standard InChI is InChI=1S/C11H9FN6/c12-8-1-7(2-13-4-8)3-14-10-9-11(16-5-15-9)18-6-17-10/h1-2,4-6H,3H2,(H2,14,15,16,17,18). The van der Waals surface area contributed by atoms with E-state index in [2.05, 4.69) is 30.2 Å². The normalized spacial score (nSPS) is 10.7. The van der Waals surface area contributed by atoms with E-state index in [4.69, 9.17) is 0 Å². The van der Waals surface area contributed by atoms with Gasteiger partial charge >= 0.3 is 0 Å². The summed E-state index contributed by atoms with van der Waals surface area (Å²) in [6.45, 7) is 0.426. The molecular formula is C11H9FN6. The predicted molar refractivity (Wildman–Crippen MR) is 63.2 cm³/mol. The van der Waals surface area contributed by atoms with Gasteiger partial charge in [0.1, 0.15) is 17.7 Å². The Hall–Kier alpha value is -2.57. The van der Waals surface area contributed by atoms with Gasteiger partial charge in [-0.1, -0.05) is 0 Å². The van der Waals surface area contributed by atoms with Gasteiger partial charge < -0.3 is 10.3 Å². The lowest BCUT2D eigenvalue weighted by Crippen LogP contribution is -2.03. The van der Waals surface area contributed by atoms with Crippen LogP contribution in [0, 0.1) is 5.82 Å².